The van der Waals surface area contributed by atoms with E-state index in [2.05, 4.69) is 16.8 Å². The van der Waals surface area contributed by atoms with Crippen LogP contribution in [0.25, 0.3) is 0 Å². The number of carbonyl (C=O) groups is 2. The van der Waals surface area contributed by atoms with Crippen LogP contribution < -0.4 is 0 Å². The SMILES string of the molecule is C[C@H](CC#Cc1cccnc1)OC(=O)CN1CCCCCCC1=O. The summed E-state index contributed by atoms with van der Waals surface area (Å²) in [5, 5.41) is 0. The van der Waals surface area contributed by atoms with Crippen molar-refractivity contribution in [2.24, 2.45) is 0 Å². The maximum absolute atomic E-state index is 12.0. The molecule has 128 valence electrons. The molecule has 0 aliphatic carbocycles. The summed E-state index contributed by atoms with van der Waals surface area (Å²) in [5.74, 6) is 5.66. The number of hydrogen-bond donors (Lipinski definition) is 0. The third-order valence-electron chi connectivity index (χ3n) is 3.86. The number of amides is 1. The van der Waals surface area contributed by atoms with Crippen molar-refractivity contribution in [3.8, 4) is 11.8 Å². The van der Waals surface area contributed by atoms with Gasteiger partial charge in [-0.05, 0) is 31.9 Å². The summed E-state index contributed by atoms with van der Waals surface area (Å²) in [7, 11) is 0. The molecule has 1 aromatic rings. The molecule has 24 heavy (non-hydrogen) atoms. The summed E-state index contributed by atoms with van der Waals surface area (Å²) in [4.78, 5) is 29.6. The quantitative estimate of drug-likeness (QED) is 0.629. The summed E-state index contributed by atoms with van der Waals surface area (Å²) in [6.07, 6.45) is 8.13. The van der Waals surface area contributed by atoms with Gasteiger partial charge in [-0.15, -0.1) is 0 Å². The monoisotopic (exact) mass is 328 g/mol. The molecule has 0 bridgehead atoms. The minimum Gasteiger partial charge on any atom is -0.460 e. The highest BCUT2D eigenvalue weighted by Crippen LogP contribution is 2.12. The summed E-state index contributed by atoms with van der Waals surface area (Å²) in [5.41, 5.74) is 0.835. The van der Waals surface area contributed by atoms with Gasteiger partial charge in [0, 0.05) is 37.3 Å². The first-order chi connectivity index (χ1) is 11.6. The van der Waals surface area contributed by atoms with Gasteiger partial charge in [0.2, 0.25) is 5.91 Å². The summed E-state index contributed by atoms with van der Waals surface area (Å²) in [6.45, 7) is 2.49. The fraction of sp³-hybridized carbons (Fsp3) is 0.526. The van der Waals surface area contributed by atoms with Gasteiger partial charge in [0.25, 0.3) is 0 Å². The molecule has 1 aliphatic heterocycles. The number of pyridine rings is 1. The third-order valence-corrected chi connectivity index (χ3v) is 3.86. The lowest BCUT2D eigenvalue weighted by Crippen LogP contribution is -2.38. The van der Waals surface area contributed by atoms with Crippen molar-refractivity contribution >= 4 is 11.9 Å². The van der Waals surface area contributed by atoms with E-state index in [4.69, 9.17) is 4.74 Å². The molecule has 1 aliphatic rings. The van der Waals surface area contributed by atoms with Gasteiger partial charge in [-0.3, -0.25) is 14.6 Å². The van der Waals surface area contributed by atoms with Crippen molar-refractivity contribution < 1.29 is 14.3 Å². The topological polar surface area (TPSA) is 59.5 Å². The highest BCUT2D eigenvalue weighted by atomic mass is 16.5. The molecule has 0 unspecified atom stereocenters. The Morgan fingerprint density at radius 1 is 1.38 bits per heavy atom. The largest absolute Gasteiger partial charge is 0.460 e. The molecule has 0 N–H and O–H groups in total. The molecule has 1 saturated heterocycles. The van der Waals surface area contributed by atoms with E-state index in [0.717, 1.165) is 31.2 Å². The Labute approximate surface area is 143 Å². The maximum atomic E-state index is 12.0. The lowest BCUT2D eigenvalue weighted by molar-refractivity contribution is -0.153. The second-order valence-corrected chi connectivity index (χ2v) is 6.03. The van der Waals surface area contributed by atoms with E-state index in [1.807, 2.05) is 19.1 Å². The smallest absolute Gasteiger partial charge is 0.325 e. The zero-order valence-electron chi connectivity index (χ0n) is 14.2. The molecule has 0 aromatic carbocycles. The molecule has 1 amide bonds. The fourth-order valence-electron chi connectivity index (χ4n) is 2.58. The number of rotatable bonds is 4. The normalized spacial score (nSPS) is 16.4. The summed E-state index contributed by atoms with van der Waals surface area (Å²) >= 11 is 0. The van der Waals surface area contributed by atoms with Crippen LogP contribution in [0.1, 0.15) is 51.0 Å². The van der Waals surface area contributed by atoms with Crippen molar-refractivity contribution in [3.63, 3.8) is 0 Å². The van der Waals surface area contributed by atoms with Crippen LogP contribution in [0.2, 0.25) is 0 Å². The maximum Gasteiger partial charge on any atom is 0.325 e. The molecule has 2 rings (SSSR count). The molecule has 0 spiro atoms. The van der Waals surface area contributed by atoms with Gasteiger partial charge in [0.1, 0.15) is 12.6 Å². The Hall–Kier alpha value is -2.35. The van der Waals surface area contributed by atoms with Crippen LogP contribution in [0.5, 0.6) is 0 Å². The van der Waals surface area contributed by atoms with Crippen molar-refractivity contribution in [1.29, 1.82) is 0 Å². The molecule has 1 fully saturated rings. The van der Waals surface area contributed by atoms with E-state index in [9.17, 15) is 9.59 Å². The van der Waals surface area contributed by atoms with E-state index in [-0.39, 0.29) is 24.5 Å². The van der Waals surface area contributed by atoms with Crippen LogP contribution >= 0.6 is 0 Å². The Bertz CT molecular complexity index is 604. The number of esters is 1. The van der Waals surface area contributed by atoms with Gasteiger partial charge in [-0.2, -0.15) is 0 Å². The van der Waals surface area contributed by atoms with Crippen molar-refractivity contribution in [1.82, 2.24) is 9.88 Å². The first-order valence-corrected chi connectivity index (χ1v) is 8.51. The standard InChI is InChI=1S/C19H24N2O3/c1-16(8-6-9-17-10-7-12-20-14-17)24-19(23)15-21-13-5-3-2-4-11-18(21)22/h7,10,12,14,16H,2-5,8,11,13,15H2,1H3/t16-/m1/s1. The molecule has 2 heterocycles. The summed E-state index contributed by atoms with van der Waals surface area (Å²) in [6, 6.07) is 3.71. The van der Waals surface area contributed by atoms with Gasteiger partial charge in [0.05, 0.1) is 0 Å². The van der Waals surface area contributed by atoms with Crippen LogP contribution in [0, 0.1) is 11.8 Å². The fourth-order valence-corrected chi connectivity index (χ4v) is 2.58. The summed E-state index contributed by atoms with van der Waals surface area (Å²) < 4.78 is 5.36. The van der Waals surface area contributed by atoms with Gasteiger partial charge in [0.15, 0.2) is 0 Å². The molecule has 0 radical (unpaired) electrons. The zero-order chi connectivity index (χ0) is 17.2. The minimum absolute atomic E-state index is 0.0409. The van der Waals surface area contributed by atoms with Crippen LogP contribution in [-0.4, -0.2) is 41.0 Å². The Morgan fingerprint density at radius 2 is 2.21 bits per heavy atom. The molecular weight excluding hydrogens is 304 g/mol. The van der Waals surface area contributed by atoms with Crippen LogP contribution in [0.3, 0.4) is 0 Å². The predicted octanol–water partition coefficient (Wildman–Crippen LogP) is 2.55. The van der Waals surface area contributed by atoms with Gasteiger partial charge >= 0.3 is 5.97 Å². The van der Waals surface area contributed by atoms with E-state index in [0.29, 0.717) is 19.4 Å². The van der Waals surface area contributed by atoms with Crippen LogP contribution in [-0.2, 0) is 14.3 Å². The van der Waals surface area contributed by atoms with E-state index < -0.39 is 0 Å². The lowest BCUT2D eigenvalue weighted by atomic mass is 10.1. The second-order valence-electron chi connectivity index (χ2n) is 6.03. The highest BCUT2D eigenvalue weighted by Gasteiger charge is 2.20. The number of likely N-dealkylation sites (tertiary alicyclic amines) is 1. The van der Waals surface area contributed by atoms with Gasteiger partial charge in [-0.1, -0.05) is 24.7 Å². The predicted molar refractivity (Wildman–Crippen MR) is 91.0 cm³/mol. The van der Waals surface area contributed by atoms with E-state index >= 15 is 0 Å². The molecule has 5 heteroatoms. The van der Waals surface area contributed by atoms with Crippen molar-refractivity contribution in [2.75, 3.05) is 13.1 Å². The number of hydrogen-bond acceptors (Lipinski definition) is 4. The number of ether oxygens (including phenoxy) is 1. The highest BCUT2D eigenvalue weighted by molar-refractivity contribution is 5.82. The van der Waals surface area contributed by atoms with Crippen molar-refractivity contribution in [2.45, 2.75) is 51.6 Å². The van der Waals surface area contributed by atoms with Crippen LogP contribution in [0.15, 0.2) is 24.5 Å². The molecule has 0 saturated carbocycles. The number of aromatic nitrogens is 1. The van der Waals surface area contributed by atoms with Crippen LogP contribution in [0.4, 0.5) is 0 Å². The van der Waals surface area contributed by atoms with E-state index in [1.165, 1.54) is 0 Å². The number of carbonyl (C=O) groups excluding carboxylic acids is 2. The first-order valence-electron chi connectivity index (χ1n) is 8.51. The molecule has 1 aromatic heterocycles. The first kappa shape index (κ1) is 18.0. The average molecular weight is 328 g/mol. The lowest BCUT2D eigenvalue weighted by Gasteiger charge is -2.24. The Morgan fingerprint density at radius 3 is 3.00 bits per heavy atom. The number of nitrogens with zero attached hydrogens (tertiary/aromatic N) is 2. The van der Waals surface area contributed by atoms with E-state index in [1.54, 1.807) is 17.3 Å². The Balaban J connectivity index is 1.76. The van der Waals surface area contributed by atoms with Crippen molar-refractivity contribution in [3.05, 3.63) is 30.1 Å². The minimum atomic E-state index is -0.361. The molecule has 5 nitrogen and oxygen atoms in total. The Kier molecular flexibility index (Phi) is 7.28. The third kappa shape index (κ3) is 6.41. The molecular formula is C19H24N2O3. The molecule has 1 atom stereocenters. The second kappa shape index (κ2) is 9.71. The average Bonchev–Trinajstić information content (AvgIpc) is 2.55. The van der Waals surface area contributed by atoms with Gasteiger partial charge in [-0.25, -0.2) is 0 Å². The van der Waals surface area contributed by atoms with Gasteiger partial charge < -0.3 is 9.64 Å². The zero-order valence-corrected chi connectivity index (χ0v) is 14.2.